The number of hydrogen-bond donors (Lipinski definition) is 1. The molecule has 0 fully saturated rings. The third-order valence-corrected chi connectivity index (χ3v) is 4.36. The molecule has 144 valence electrons. The van der Waals surface area contributed by atoms with Crippen molar-refractivity contribution in [3.63, 3.8) is 0 Å². The molecule has 28 heavy (non-hydrogen) atoms. The topological polar surface area (TPSA) is 88.4 Å². The first kappa shape index (κ1) is 21.4. The van der Waals surface area contributed by atoms with Gasteiger partial charge in [0.25, 0.3) is 5.91 Å². The van der Waals surface area contributed by atoms with E-state index in [9.17, 15) is 14.9 Å². The van der Waals surface area contributed by atoms with Crippen LogP contribution in [-0.4, -0.2) is 18.5 Å². The van der Waals surface area contributed by atoms with E-state index in [1.54, 1.807) is 24.3 Å². The van der Waals surface area contributed by atoms with Crippen molar-refractivity contribution in [3.05, 3.63) is 56.7 Å². The molecule has 6 nitrogen and oxygen atoms in total. The van der Waals surface area contributed by atoms with E-state index in [4.69, 9.17) is 9.47 Å². The number of amides is 1. The van der Waals surface area contributed by atoms with E-state index in [1.165, 1.54) is 13.0 Å². The zero-order chi connectivity index (χ0) is 20.7. The fourth-order valence-electron chi connectivity index (χ4n) is 2.33. The molecule has 0 saturated heterocycles. The summed E-state index contributed by atoms with van der Waals surface area (Å²) in [4.78, 5) is 23.8. The van der Waals surface area contributed by atoms with Gasteiger partial charge in [-0.3, -0.25) is 9.59 Å². The lowest BCUT2D eigenvalue weighted by atomic mass is 10.1. The van der Waals surface area contributed by atoms with Crippen LogP contribution in [0.25, 0.3) is 6.08 Å². The molecule has 2 aromatic rings. The SMILES string of the molecule is CCOc1cc(/C=C(/C#N)C(=O)Nc2ccc(C)cc2)cc(I)c1OC(C)=O. The van der Waals surface area contributed by atoms with Gasteiger partial charge < -0.3 is 14.8 Å². The first-order valence-corrected chi connectivity index (χ1v) is 9.56. The number of halogens is 1. The number of esters is 1. The quantitative estimate of drug-likeness (QED) is 0.212. The van der Waals surface area contributed by atoms with E-state index >= 15 is 0 Å². The van der Waals surface area contributed by atoms with E-state index in [0.717, 1.165) is 5.56 Å². The molecule has 0 spiro atoms. The van der Waals surface area contributed by atoms with Crippen LogP contribution in [-0.2, 0) is 9.59 Å². The second-order valence-corrected chi connectivity index (χ2v) is 7.01. The smallest absolute Gasteiger partial charge is 0.308 e. The van der Waals surface area contributed by atoms with E-state index < -0.39 is 11.9 Å². The Morgan fingerprint density at radius 1 is 1.25 bits per heavy atom. The largest absolute Gasteiger partial charge is 0.490 e. The highest BCUT2D eigenvalue weighted by Crippen LogP contribution is 2.35. The van der Waals surface area contributed by atoms with Gasteiger partial charge in [0.2, 0.25) is 0 Å². The Kier molecular flexibility index (Phi) is 7.58. The summed E-state index contributed by atoms with van der Waals surface area (Å²) >= 11 is 2.01. The molecule has 0 atom stereocenters. The van der Waals surface area contributed by atoms with Crippen molar-refractivity contribution in [2.45, 2.75) is 20.8 Å². The maximum Gasteiger partial charge on any atom is 0.308 e. The molecular formula is C21H19IN2O4. The normalized spacial score (nSPS) is 10.8. The van der Waals surface area contributed by atoms with Crippen LogP contribution >= 0.6 is 22.6 Å². The molecule has 0 aliphatic heterocycles. The fraction of sp³-hybridized carbons (Fsp3) is 0.190. The molecule has 2 rings (SSSR count). The lowest BCUT2D eigenvalue weighted by molar-refractivity contribution is -0.132. The van der Waals surface area contributed by atoms with Gasteiger partial charge in [-0.05, 0) is 72.3 Å². The molecule has 0 aromatic heterocycles. The van der Waals surface area contributed by atoms with Gasteiger partial charge in [-0.15, -0.1) is 0 Å². The summed E-state index contributed by atoms with van der Waals surface area (Å²) in [5, 5.41) is 12.1. The number of ether oxygens (including phenoxy) is 2. The summed E-state index contributed by atoms with van der Waals surface area (Å²) in [5.41, 5.74) is 2.20. The number of anilines is 1. The summed E-state index contributed by atoms with van der Waals surface area (Å²) in [7, 11) is 0. The number of nitriles is 1. The number of benzene rings is 2. The second-order valence-electron chi connectivity index (χ2n) is 5.85. The number of aryl methyl sites for hydroxylation is 1. The number of nitrogens with zero attached hydrogens (tertiary/aromatic N) is 1. The summed E-state index contributed by atoms with van der Waals surface area (Å²) in [6.45, 7) is 5.44. The number of rotatable bonds is 6. The molecule has 0 radical (unpaired) electrons. The standard InChI is InChI=1S/C21H19IN2O4/c1-4-27-19-11-15(10-18(22)20(19)28-14(3)25)9-16(12-23)21(26)24-17-7-5-13(2)6-8-17/h5-11H,4H2,1-3H3,(H,24,26)/b16-9-. The number of carbonyl (C=O) groups is 2. The molecule has 1 amide bonds. The highest BCUT2D eigenvalue weighted by Gasteiger charge is 2.15. The number of nitrogens with one attached hydrogen (secondary N) is 1. The minimum atomic E-state index is -0.511. The first-order chi connectivity index (χ1) is 13.3. The lowest BCUT2D eigenvalue weighted by Gasteiger charge is -2.13. The molecule has 0 saturated carbocycles. The van der Waals surface area contributed by atoms with E-state index in [0.29, 0.717) is 32.9 Å². The van der Waals surface area contributed by atoms with Crippen LogP contribution in [0.1, 0.15) is 25.0 Å². The third-order valence-electron chi connectivity index (χ3n) is 3.56. The van der Waals surface area contributed by atoms with Gasteiger partial charge in [0, 0.05) is 12.6 Å². The molecule has 0 bridgehead atoms. The van der Waals surface area contributed by atoms with Gasteiger partial charge in [-0.1, -0.05) is 17.7 Å². The lowest BCUT2D eigenvalue weighted by Crippen LogP contribution is -2.13. The van der Waals surface area contributed by atoms with Crippen LogP contribution in [0.3, 0.4) is 0 Å². The Morgan fingerprint density at radius 2 is 1.93 bits per heavy atom. The van der Waals surface area contributed by atoms with Gasteiger partial charge in [0.1, 0.15) is 11.6 Å². The van der Waals surface area contributed by atoms with Crippen molar-refractivity contribution < 1.29 is 19.1 Å². The molecule has 0 aliphatic rings. The summed E-state index contributed by atoms with van der Waals surface area (Å²) in [6, 6.07) is 12.5. The Bertz CT molecular complexity index is 960. The van der Waals surface area contributed by atoms with E-state index in [2.05, 4.69) is 5.32 Å². The molecule has 0 aliphatic carbocycles. The van der Waals surface area contributed by atoms with Crippen LogP contribution in [0.2, 0.25) is 0 Å². The fourth-order valence-corrected chi connectivity index (χ4v) is 3.06. The van der Waals surface area contributed by atoms with E-state index in [-0.39, 0.29) is 5.57 Å². The summed E-state index contributed by atoms with van der Waals surface area (Å²) in [6.07, 6.45) is 1.46. The monoisotopic (exact) mass is 490 g/mol. The van der Waals surface area contributed by atoms with Crippen LogP contribution in [0.5, 0.6) is 11.5 Å². The maximum atomic E-state index is 12.4. The zero-order valence-corrected chi connectivity index (χ0v) is 17.9. The second kappa shape index (κ2) is 9.90. The average molecular weight is 490 g/mol. The van der Waals surface area contributed by atoms with Gasteiger partial charge in [-0.2, -0.15) is 5.26 Å². The predicted octanol–water partition coefficient (Wildman–Crippen LogP) is 4.47. The van der Waals surface area contributed by atoms with Crippen molar-refractivity contribution >= 4 is 46.2 Å². The maximum absolute atomic E-state index is 12.4. The Hall–Kier alpha value is -2.86. The summed E-state index contributed by atoms with van der Waals surface area (Å²) < 4.78 is 11.4. The molecule has 0 heterocycles. The minimum Gasteiger partial charge on any atom is -0.490 e. The Morgan fingerprint density at radius 3 is 2.50 bits per heavy atom. The van der Waals surface area contributed by atoms with Crippen LogP contribution in [0.4, 0.5) is 5.69 Å². The van der Waals surface area contributed by atoms with Gasteiger partial charge in [0.05, 0.1) is 10.2 Å². The average Bonchev–Trinajstić information content (AvgIpc) is 2.64. The third kappa shape index (κ3) is 5.82. The highest BCUT2D eigenvalue weighted by molar-refractivity contribution is 14.1. The van der Waals surface area contributed by atoms with Crippen molar-refractivity contribution in [2.75, 3.05) is 11.9 Å². The summed E-state index contributed by atoms with van der Waals surface area (Å²) in [5.74, 6) is -0.289. The molecule has 0 unspecified atom stereocenters. The van der Waals surface area contributed by atoms with Crippen molar-refractivity contribution in [1.29, 1.82) is 5.26 Å². The molecule has 7 heteroatoms. The van der Waals surface area contributed by atoms with Crippen molar-refractivity contribution in [3.8, 4) is 17.6 Å². The van der Waals surface area contributed by atoms with Crippen LogP contribution in [0.15, 0.2) is 42.0 Å². The number of hydrogen-bond acceptors (Lipinski definition) is 5. The van der Waals surface area contributed by atoms with E-state index in [1.807, 2.05) is 54.6 Å². The molecular weight excluding hydrogens is 471 g/mol. The zero-order valence-electron chi connectivity index (χ0n) is 15.7. The van der Waals surface area contributed by atoms with Gasteiger partial charge in [-0.25, -0.2) is 0 Å². The van der Waals surface area contributed by atoms with Crippen LogP contribution < -0.4 is 14.8 Å². The first-order valence-electron chi connectivity index (χ1n) is 8.48. The van der Waals surface area contributed by atoms with Crippen molar-refractivity contribution in [2.24, 2.45) is 0 Å². The molecule has 2 aromatic carbocycles. The minimum absolute atomic E-state index is 0.0564. The van der Waals surface area contributed by atoms with Crippen LogP contribution in [0, 0.1) is 21.8 Å². The predicted molar refractivity (Wildman–Crippen MR) is 115 cm³/mol. The number of carbonyl (C=O) groups excluding carboxylic acids is 2. The molecule has 1 N–H and O–H groups in total. The van der Waals surface area contributed by atoms with Gasteiger partial charge in [0.15, 0.2) is 11.5 Å². The highest BCUT2D eigenvalue weighted by atomic mass is 127. The Labute approximate surface area is 177 Å². The van der Waals surface area contributed by atoms with Crippen molar-refractivity contribution in [1.82, 2.24) is 0 Å². The van der Waals surface area contributed by atoms with Gasteiger partial charge >= 0.3 is 5.97 Å². The Balaban J connectivity index is 2.34.